The molecular weight excluding hydrogens is 450 g/mol. The Balaban J connectivity index is 1.54. The second-order valence-corrected chi connectivity index (χ2v) is 8.50. The molecule has 4 heterocycles. The number of hydrogen-bond donors (Lipinski definition) is 1. The van der Waals surface area contributed by atoms with Crippen molar-refractivity contribution < 1.29 is 19.4 Å². The van der Waals surface area contributed by atoms with E-state index in [1.165, 1.54) is 11.2 Å². The molecule has 1 aromatic carbocycles. The number of amides is 1. The standard InChI is InChI=1S/C24H27N7O4/c1-5-31-14(2)16(10-27-31)21-28-20-22(29(21)3)25-13-26-23(20)35-19-12-30(24(32)33)11-17(19)15-8-6-7-9-18(15)34-4/h6-10,13,17,19H,5,11-12H2,1-4H3,(H,32,33). The van der Waals surface area contributed by atoms with Gasteiger partial charge in [-0.1, -0.05) is 18.2 Å². The largest absolute Gasteiger partial charge is 0.496 e. The van der Waals surface area contributed by atoms with Crippen LogP contribution >= 0.6 is 0 Å². The second-order valence-electron chi connectivity index (χ2n) is 8.50. The number of aryl methyl sites for hydroxylation is 2. The van der Waals surface area contributed by atoms with Crippen molar-refractivity contribution in [1.29, 1.82) is 0 Å². The van der Waals surface area contributed by atoms with Gasteiger partial charge >= 0.3 is 6.09 Å². The number of imidazole rings is 1. The third kappa shape index (κ3) is 3.82. The Bertz CT molecular complexity index is 1400. The minimum Gasteiger partial charge on any atom is -0.496 e. The van der Waals surface area contributed by atoms with Crippen LogP contribution in [-0.4, -0.2) is 71.7 Å². The predicted octanol–water partition coefficient (Wildman–Crippen LogP) is 3.09. The van der Waals surface area contributed by atoms with E-state index in [2.05, 4.69) is 15.1 Å². The molecule has 3 aromatic heterocycles. The molecule has 35 heavy (non-hydrogen) atoms. The molecule has 0 radical (unpaired) electrons. The van der Waals surface area contributed by atoms with Gasteiger partial charge in [0.25, 0.3) is 0 Å². The minimum absolute atomic E-state index is 0.200. The molecule has 5 rings (SSSR count). The molecule has 1 aliphatic heterocycles. The molecule has 1 fully saturated rings. The topological polar surface area (TPSA) is 120 Å². The van der Waals surface area contributed by atoms with E-state index in [1.54, 1.807) is 13.3 Å². The van der Waals surface area contributed by atoms with E-state index in [1.807, 2.05) is 54.4 Å². The van der Waals surface area contributed by atoms with Crippen molar-refractivity contribution in [3.05, 3.63) is 48.0 Å². The van der Waals surface area contributed by atoms with Crippen molar-refractivity contribution in [2.24, 2.45) is 7.05 Å². The van der Waals surface area contributed by atoms with Gasteiger partial charge in [0.1, 0.15) is 24.0 Å². The first-order chi connectivity index (χ1) is 16.9. The normalized spacial score (nSPS) is 17.8. The molecule has 2 unspecified atom stereocenters. The molecule has 0 bridgehead atoms. The molecule has 2 atom stereocenters. The number of para-hydroxylation sites is 1. The van der Waals surface area contributed by atoms with E-state index in [4.69, 9.17) is 14.5 Å². The van der Waals surface area contributed by atoms with Crippen LogP contribution in [0.2, 0.25) is 0 Å². The zero-order valence-electron chi connectivity index (χ0n) is 20.0. The number of methoxy groups -OCH3 is 1. The zero-order chi connectivity index (χ0) is 24.7. The quantitative estimate of drug-likeness (QED) is 0.450. The number of benzene rings is 1. The average molecular weight is 478 g/mol. The number of nitrogens with zero attached hydrogens (tertiary/aromatic N) is 7. The van der Waals surface area contributed by atoms with Gasteiger partial charge in [0.15, 0.2) is 11.2 Å². The van der Waals surface area contributed by atoms with Crippen molar-refractivity contribution in [2.45, 2.75) is 32.4 Å². The van der Waals surface area contributed by atoms with E-state index in [-0.39, 0.29) is 19.0 Å². The minimum atomic E-state index is -0.993. The lowest BCUT2D eigenvalue weighted by atomic mass is 9.95. The summed E-state index contributed by atoms with van der Waals surface area (Å²) in [4.78, 5) is 26.8. The summed E-state index contributed by atoms with van der Waals surface area (Å²) in [5, 5.41) is 14.1. The summed E-state index contributed by atoms with van der Waals surface area (Å²) < 4.78 is 15.7. The summed E-state index contributed by atoms with van der Waals surface area (Å²) in [6.07, 6.45) is 1.77. The molecule has 182 valence electrons. The maximum Gasteiger partial charge on any atom is 0.407 e. The van der Waals surface area contributed by atoms with Gasteiger partial charge in [-0.25, -0.2) is 14.8 Å². The van der Waals surface area contributed by atoms with Gasteiger partial charge in [-0.2, -0.15) is 10.1 Å². The molecular formula is C24H27N7O4. The maximum absolute atomic E-state index is 11.8. The van der Waals surface area contributed by atoms with E-state index < -0.39 is 12.2 Å². The van der Waals surface area contributed by atoms with Crippen molar-refractivity contribution in [3.8, 4) is 23.0 Å². The number of rotatable bonds is 6. The number of ether oxygens (including phenoxy) is 2. The van der Waals surface area contributed by atoms with Crippen molar-refractivity contribution >= 4 is 17.3 Å². The van der Waals surface area contributed by atoms with Gasteiger partial charge in [-0.3, -0.25) is 4.68 Å². The number of hydrogen-bond acceptors (Lipinski definition) is 7. The van der Waals surface area contributed by atoms with E-state index >= 15 is 0 Å². The van der Waals surface area contributed by atoms with Crippen LogP contribution in [0.3, 0.4) is 0 Å². The van der Waals surface area contributed by atoms with Gasteiger partial charge in [0, 0.05) is 37.3 Å². The Morgan fingerprint density at radius 3 is 2.74 bits per heavy atom. The van der Waals surface area contributed by atoms with Gasteiger partial charge < -0.3 is 24.0 Å². The fourth-order valence-corrected chi connectivity index (χ4v) is 4.75. The summed E-state index contributed by atoms with van der Waals surface area (Å²) in [6.45, 7) is 5.29. The molecule has 11 heteroatoms. The lowest BCUT2D eigenvalue weighted by molar-refractivity contribution is 0.144. The molecule has 1 N–H and O–H groups in total. The van der Waals surface area contributed by atoms with Crippen LogP contribution in [0, 0.1) is 6.92 Å². The highest BCUT2D eigenvalue weighted by Gasteiger charge is 2.40. The molecule has 1 amide bonds. The Hall–Kier alpha value is -4.15. The summed E-state index contributed by atoms with van der Waals surface area (Å²) in [5.74, 6) is 1.48. The first kappa shape index (κ1) is 22.6. The molecule has 0 spiro atoms. The van der Waals surface area contributed by atoms with Crippen LogP contribution in [0.15, 0.2) is 36.8 Å². The van der Waals surface area contributed by atoms with Crippen LogP contribution in [0.5, 0.6) is 11.6 Å². The highest BCUT2D eigenvalue weighted by atomic mass is 16.5. The second kappa shape index (κ2) is 8.90. The molecule has 11 nitrogen and oxygen atoms in total. The fourth-order valence-electron chi connectivity index (χ4n) is 4.75. The predicted molar refractivity (Wildman–Crippen MR) is 128 cm³/mol. The van der Waals surface area contributed by atoms with Gasteiger partial charge in [-0.15, -0.1) is 0 Å². The van der Waals surface area contributed by atoms with Crippen LogP contribution in [0.25, 0.3) is 22.6 Å². The maximum atomic E-state index is 11.8. The third-order valence-electron chi connectivity index (χ3n) is 6.60. The SMILES string of the molecule is CCn1ncc(-c2nc3c(OC4CN(C(=O)O)CC4c4ccccc4OC)ncnc3n2C)c1C. The van der Waals surface area contributed by atoms with Crippen molar-refractivity contribution in [3.63, 3.8) is 0 Å². The van der Waals surface area contributed by atoms with Crippen molar-refractivity contribution in [1.82, 2.24) is 34.2 Å². The molecule has 0 aliphatic carbocycles. The van der Waals surface area contributed by atoms with Crippen molar-refractivity contribution in [2.75, 3.05) is 20.2 Å². The van der Waals surface area contributed by atoms with Gasteiger partial charge in [0.2, 0.25) is 5.88 Å². The summed E-state index contributed by atoms with van der Waals surface area (Å²) in [5.41, 5.74) is 3.93. The number of aromatic nitrogens is 6. The lowest BCUT2D eigenvalue weighted by Gasteiger charge is -2.21. The third-order valence-corrected chi connectivity index (χ3v) is 6.60. The summed E-state index contributed by atoms with van der Waals surface area (Å²) in [6, 6.07) is 7.59. The van der Waals surface area contributed by atoms with E-state index in [0.29, 0.717) is 28.6 Å². The first-order valence-electron chi connectivity index (χ1n) is 11.4. The summed E-state index contributed by atoms with van der Waals surface area (Å²) in [7, 11) is 3.49. The number of likely N-dealkylation sites (tertiary alicyclic amines) is 1. The number of fused-ring (bicyclic) bond motifs is 1. The van der Waals surface area contributed by atoms with Crippen LogP contribution in [0.1, 0.15) is 24.1 Å². The Morgan fingerprint density at radius 2 is 2.03 bits per heavy atom. The van der Waals surface area contributed by atoms with Gasteiger partial charge in [0.05, 0.1) is 25.4 Å². The Morgan fingerprint density at radius 1 is 1.23 bits per heavy atom. The highest BCUT2D eigenvalue weighted by Crippen LogP contribution is 2.37. The van der Waals surface area contributed by atoms with E-state index in [9.17, 15) is 9.90 Å². The average Bonchev–Trinajstić information content (AvgIpc) is 3.55. The number of carboxylic acid groups (broad SMARTS) is 1. The fraction of sp³-hybridized carbons (Fsp3) is 0.375. The van der Waals surface area contributed by atoms with Crippen LogP contribution in [0.4, 0.5) is 4.79 Å². The zero-order valence-corrected chi connectivity index (χ0v) is 20.0. The Kier molecular flexibility index (Phi) is 5.75. The van der Waals surface area contributed by atoms with Crippen LogP contribution in [-0.2, 0) is 13.6 Å². The lowest BCUT2D eigenvalue weighted by Crippen LogP contribution is -2.29. The molecule has 1 aliphatic rings. The molecule has 1 saturated heterocycles. The highest BCUT2D eigenvalue weighted by molar-refractivity contribution is 5.81. The van der Waals surface area contributed by atoms with E-state index in [0.717, 1.165) is 23.4 Å². The Labute approximate surface area is 201 Å². The van der Waals surface area contributed by atoms with Gasteiger partial charge in [-0.05, 0) is 19.9 Å². The number of carbonyl (C=O) groups is 1. The smallest absolute Gasteiger partial charge is 0.407 e. The first-order valence-corrected chi connectivity index (χ1v) is 11.4. The monoisotopic (exact) mass is 477 g/mol. The van der Waals surface area contributed by atoms with Crippen LogP contribution < -0.4 is 9.47 Å². The molecule has 4 aromatic rings. The molecule has 0 saturated carbocycles. The summed E-state index contributed by atoms with van der Waals surface area (Å²) >= 11 is 0.